The summed E-state index contributed by atoms with van der Waals surface area (Å²) in [6, 6.07) is 11.7. The molecule has 1 aromatic heterocycles. The summed E-state index contributed by atoms with van der Waals surface area (Å²) >= 11 is 0. The number of nitrogens with zero attached hydrogens (tertiary/aromatic N) is 1. The molecule has 0 aliphatic heterocycles. The Morgan fingerprint density at radius 1 is 1.27 bits per heavy atom. The Hall–Kier alpha value is -2.03. The van der Waals surface area contributed by atoms with Crippen LogP contribution in [0.2, 0.25) is 0 Å². The van der Waals surface area contributed by atoms with Crippen LogP contribution in [0.4, 0.5) is 0 Å². The third-order valence-electron chi connectivity index (χ3n) is 1.97. The molecule has 0 radical (unpaired) electrons. The SMILES string of the molecule is COC=Cc1cc(-c2ccccc2)no1. The van der Waals surface area contributed by atoms with E-state index in [0.717, 1.165) is 11.3 Å². The van der Waals surface area contributed by atoms with E-state index in [2.05, 4.69) is 5.16 Å². The zero-order valence-electron chi connectivity index (χ0n) is 8.38. The van der Waals surface area contributed by atoms with Crippen molar-refractivity contribution in [2.45, 2.75) is 0 Å². The zero-order valence-corrected chi connectivity index (χ0v) is 8.38. The molecule has 0 aliphatic rings. The van der Waals surface area contributed by atoms with E-state index >= 15 is 0 Å². The maximum absolute atomic E-state index is 5.10. The number of rotatable bonds is 3. The van der Waals surface area contributed by atoms with E-state index in [-0.39, 0.29) is 0 Å². The van der Waals surface area contributed by atoms with Gasteiger partial charge in [0.05, 0.1) is 13.4 Å². The molecule has 0 spiro atoms. The summed E-state index contributed by atoms with van der Waals surface area (Å²) in [6.45, 7) is 0. The third kappa shape index (κ3) is 2.26. The molecule has 2 aromatic rings. The van der Waals surface area contributed by atoms with Gasteiger partial charge < -0.3 is 9.26 Å². The van der Waals surface area contributed by atoms with E-state index in [1.807, 2.05) is 36.4 Å². The lowest BCUT2D eigenvalue weighted by Crippen LogP contribution is -1.73. The van der Waals surface area contributed by atoms with Crippen LogP contribution in [0.25, 0.3) is 17.3 Å². The Morgan fingerprint density at radius 2 is 2.07 bits per heavy atom. The van der Waals surface area contributed by atoms with Gasteiger partial charge in [-0.2, -0.15) is 0 Å². The standard InChI is InChI=1S/C12H11NO2/c1-14-8-7-11-9-12(13-15-11)10-5-3-2-4-6-10/h2-9H,1H3. The molecule has 0 fully saturated rings. The van der Waals surface area contributed by atoms with Crippen LogP contribution in [-0.2, 0) is 4.74 Å². The van der Waals surface area contributed by atoms with Gasteiger partial charge in [-0.05, 0) is 0 Å². The lowest BCUT2D eigenvalue weighted by Gasteiger charge is -1.91. The van der Waals surface area contributed by atoms with E-state index < -0.39 is 0 Å². The highest BCUT2D eigenvalue weighted by molar-refractivity contribution is 5.61. The second kappa shape index (κ2) is 4.46. The highest BCUT2D eigenvalue weighted by Gasteiger charge is 2.02. The van der Waals surface area contributed by atoms with Gasteiger partial charge in [0.15, 0.2) is 5.76 Å². The molecule has 1 aromatic carbocycles. The van der Waals surface area contributed by atoms with Crippen LogP contribution in [0.15, 0.2) is 47.2 Å². The smallest absolute Gasteiger partial charge is 0.163 e. The lowest BCUT2D eigenvalue weighted by atomic mass is 10.1. The van der Waals surface area contributed by atoms with Crippen molar-refractivity contribution in [2.75, 3.05) is 7.11 Å². The molecule has 0 aliphatic carbocycles. The number of methoxy groups -OCH3 is 1. The molecule has 1 heterocycles. The van der Waals surface area contributed by atoms with Crippen LogP contribution in [0, 0.1) is 0 Å². The van der Waals surface area contributed by atoms with E-state index in [1.54, 1.807) is 19.4 Å². The molecule has 0 bridgehead atoms. The van der Waals surface area contributed by atoms with Crippen LogP contribution in [0.3, 0.4) is 0 Å². The summed E-state index contributed by atoms with van der Waals surface area (Å²) in [5, 5.41) is 3.96. The molecule has 0 saturated heterocycles. The highest BCUT2D eigenvalue weighted by atomic mass is 16.5. The Labute approximate surface area is 88.0 Å². The van der Waals surface area contributed by atoms with Crippen molar-refractivity contribution < 1.29 is 9.26 Å². The predicted molar refractivity (Wildman–Crippen MR) is 58.0 cm³/mol. The largest absolute Gasteiger partial charge is 0.504 e. The first-order valence-electron chi connectivity index (χ1n) is 4.61. The molecular formula is C12H11NO2. The number of hydrogen-bond acceptors (Lipinski definition) is 3. The van der Waals surface area contributed by atoms with Crippen LogP contribution >= 0.6 is 0 Å². The summed E-state index contributed by atoms with van der Waals surface area (Å²) < 4.78 is 9.90. The maximum atomic E-state index is 5.10. The van der Waals surface area contributed by atoms with Crippen LogP contribution in [0.1, 0.15) is 5.76 Å². The molecule has 2 rings (SSSR count). The lowest BCUT2D eigenvalue weighted by molar-refractivity contribution is 0.339. The number of ether oxygens (including phenoxy) is 1. The van der Waals surface area contributed by atoms with Gasteiger partial charge in [0, 0.05) is 17.7 Å². The predicted octanol–water partition coefficient (Wildman–Crippen LogP) is 2.96. The van der Waals surface area contributed by atoms with Gasteiger partial charge in [0.1, 0.15) is 5.69 Å². The van der Waals surface area contributed by atoms with E-state index in [1.165, 1.54) is 0 Å². The van der Waals surface area contributed by atoms with Crippen molar-refractivity contribution in [1.29, 1.82) is 0 Å². The average molecular weight is 201 g/mol. The molecule has 76 valence electrons. The van der Waals surface area contributed by atoms with E-state index in [0.29, 0.717) is 5.76 Å². The van der Waals surface area contributed by atoms with Crippen molar-refractivity contribution in [3.8, 4) is 11.3 Å². The van der Waals surface area contributed by atoms with Crippen molar-refractivity contribution in [1.82, 2.24) is 5.16 Å². The fourth-order valence-electron chi connectivity index (χ4n) is 1.25. The topological polar surface area (TPSA) is 35.3 Å². The highest BCUT2D eigenvalue weighted by Crippen LogP contribution is 2.18. The first-order valence-corrected chi connectivity index (χ1v) is 4.61. The summed E-state index contributed by atoms with van der Waals surface area (Å²) in [4.78, 5) is 0. The fraction of sp³-hybridized carbons (Fsp3) is 0.0833. The third-order valence-corrected chi connectivity index (χ3v) is 1.97. The molecule has 0 amide bonds. The van der Waals surface area contributed by atoms with Crippen LogP contribution in [0.5, 0.6) is 0 Å². The Morgan fingerprint density at radius 3 is 2.80 bits per heavy atom. The van der Waals surface area contributed by atoms with Gasteiger partial charge in [0.2, 0.25) is 0 Å². The maximum Gasteiger partial charge on any atom is 0.163 e. The minimum Gasteiger partial charge on any atom is -0.504 e. The average Bonchev–Trinajstić information content (AvgIpc) is 2.76. The Bertz CT molecular complexity index is 446. The minimum absolute atomic E-state index is 0.677. The molecular weight excluding hydrogens is 190 g/mol. The molecule has 0 saturated carbocycles. The molecule has 0 unspecified atom stereocenters. The van der Waals surface area contributed by atoms with E-state index in [9.17, 15) is 0 Å². The first-order chi connectivity index (χ1) is 7.40. The number of benzene rings is 1. The molecule has 3 heteroatoms. The summed E-state index contributed by atoms with van der Waals surface area (Å²) in [6.07, 6.45) is 3.27. The quantitative estimate of drug-likeness (QED) is 0.716. The summed E-state index contributed by atoms with van der Waals surface area (Å²) in [7, 11) is 1.59. The molecule has 0 atom stereocenters. The van der Waals surface area contributed by atoms with Crippen molar-refractivity contribution in [3.05, 3.63) is 48.4 Å². The zero-order chi connectivity index (χ0) is 10.5. The normalized spacial score (nSPS) is 10.7. The van der Waals surface area contributed by atoms with Crippen LogP contribution < -0.4 is 0 Å². The van der Waals surface area contributed by atoms with Gasteiger partial charge in [-0.1, -0.05) is 35.5 Å². The van der Waals surface area contributed by atoms with Crippen LogP contribution in [-0.4, -0.2) is 12.3 Å². The molecule has 15 heavy (non-hydrogen) atoms. The molecule has 3 nitrogen and oxygen atoms in total. The Balaban J connectivity index is 2.24. The first kappa shape index (κ1) is 9.52. The van der Waals surface area contributed by atoms with Crippen molar-refractivity contribution >= 4 is 6.08 Å². The monoisotopic (exact) mass is 201 g/mol. The number of hydrogen-bond donors (Lipinski definition) is 0. The van der Waals surface area contributed by atoms with Gasteiger partial charge in [-0.15, -0.1) is 0 Å². The summed E-state index contributed by atoms with van der Waals surface area (Å²) in [5.41, 5.74) is 1.87. The fourth-order valence-corrected chi connectivity index (χ4v) is 1.25. The van der Waals surface area contributed by atoms with Crippen molar-refractivity contribution in [2.24, 2.45) is 0 Å². The van der Waals surface area contributed by atoms with Gasteiger partial charge in [-0.25, -0.2) is 0 Å². The van der Waals surface area contributed by atoms with Gasteiger partial charge in [0.25, 0.3) is 0 Å². The van der Waals surface area contributed by atoms with E-state index in [4.69, 9.17) is 9.26 Å². The van der Waals surface area contributed by atoms with Gasteiger partial charge >= 0.3 is 0 Å². The minimum atomic E-state index is 0.677. The summed E-state index contributed by atoms with van der Waals surface area (Å²) in [5.74, 6) is 0.677. The van der Waals surface area contributed by atoms with Crippen molar-refractivity contribution in [3.63, 3.8) is 0 Å². The molecule has 0 N–H and O–H groups in total. The number of aromatic nitrogens is 1. The second-order valence-electron chi connectivity index (χ2n) is 3.02. The Kier molecular flexibility index (Phi) is 2.83. The van der Waals surface area contributed by atoms with Gasteiger partial charge in [-0.3, -0.25) is 0 Å². The second-order valence-corrected chi connectivity index (χ2v) is 3.02.